The van der Waals surface area contributed by atoms with Gasteiger partial charge in [0.25, 0.3) is 0 Å². The molecule has 1 aliphatic heterocycles. The van der Waals surface area contributed by atoms with Gasteiger partial charge in [-0.15, -0.1) is 0 Å². The Morgan fingerprint density at radius 3 is 2.52 bits per heavy atom. The topological polar surface area (TPSA) is 51.1 Å². The lowest BCUT2D eigenvalue weighted by atomic mass is 10.1. The highest BCUT2D eigenvalue weighted by Crippen LogP contribution is 2.21. The molecule has 1 aliphatic rings. The van der Waals surface area contributed by atoms with Crippen LogP contribution in [-0.2, 0) is 16.6 Å². The third kappa shape index (κ3) is 5.32. The van der Waals surface area contributed by atoms with Crippen LogP contribution in [0.25, 0.3) is 6.08 Å². The van der Waals surface area contributed by atoms with Gasteiger partial charge in [-0.05, 0) is 29.8 Å². The van der Waals surface area contributed by atoms with Gasteiger partial charge in [0.2, 0.25) is 10.0 Å². The van der Waals surface area contributed by atoms with E-state index in [9.17, 15) is 8.42 Å². The van der Waals surface area contributed by atoms with Crippen molar-refractivity contribution in [1.82, 2.24) is 4.31 Å². The summed E-state index contributed by atoms with van der Waals surface area (Å²) in [6, 6.07) is 15.0. The van der Waals surface area contributed by atoms with E-state index in [0.717, 1.165) is 36.5 Å². The van der Waals surface area contributed by atoms with E-state index in [2.05, 4.69) is 0 Å². The first-order chi connectivity index (χ1) is 13.0. The molecule has 0 atom stereocenters. The summed E-state index contributed by atoms with van der Waals surface area (Å²) < 4.78 is 32.1. The van der Waals surface area contributed by atoms with E-state index in [1.165, 1.54) is 10.3 Å². The van der Waals surface area contributed by atoms with E-state index in [1.54, 1.807) is 17.5 Å². The largest absolute Gasteiger partial charge is 0.496 e. The number of methoxy groups -OCH3 is 1. The smallest absolute Gasteiger partial charge is 0.236 e. The Hall–Kier alpha value is -1.86. The van der Waals surface area contributed by atoms with E-state index < -0.39 is 10.0 Å². The fraction of sp³-hybridized carbons (Fsp3) is 0.300. The molecule has 1 heterocycles. The van der Waals surface area contributed by atoms with Crippen molar-refractivity contribution in [3.05, 3.63) is 70.1 Å². The molecule has 0 aromatic heterocycles. The predicted octanol–water partition coefficient (Wildman–Crippen LogP) is 2.05. The van der Waals surface area contributed by atoms with Crippen LogP contribution < -0.4 is 9.64 Å². The first kappa shape index (κ1) is 19.9. The van der Waals surface area contributed by atoms with Gasteiger partial charge < -0.3 is 9.64 Å². The van der Waals surface area contributed by atoms with E-state index in [1.807, 2.05) is 48.5 Å². The molecular weight excluding hydrogens is 384 g/mol. The molecule has 0 spiro atoms. The molecule has 2 aromatic rings. The van der Waals surface area contributed by atoms with Gasteiger partial charge in [0.1, 0.15) is 12.3 Å². The molecule has 27 heavy (non-hydrogen) atoms. The summed E-state index contributed by atoms with van der Waals surface area (Å²) in [5, 5.41) is 1.98. The predicted molar refractivity (Wildman–Crippen MR) is 108 cm³/mol. The van der Waals surface area contributed by atoms with Crippen LogP contribution >= 0.6 is 11.6 Å². The number of quaternary nitrogens is 1. The minimum atomic E-state index is -3.40. The summed E-state index contributed by atoms with van der Waals surface area (Å²) in [5.74, 6) is 0.813. The van der Waals surface area contributed by atoms with Crippen LogP contribution in [0.5, 0.6) is 5.75 Å². The van der Waals surface area contributed by atoms with Crippen LogP contribution in [0.4, 0.5) is 0 Å². The van der Waals surface area contributed by atoms with Crippen molar-refractivity contribution >= 4 is 27.7 Å². The van der Waals surface area contributed by atoms with Gasteiger partial charge in [-0.1, -0.05) is 41.9 Å². The number of hydrogen-bond donors (Lipinski definition) is 1. The standard InChI is InChI=1S/C20H23ClN2O3S/c1-26-20-8-7-19(21)15-18(20)16-22-10-12-23(13-11-22)27(24,25)14-9-17-5-3-2-4-6-17/h2-9,14-15H,10-13,16H2,1H3/p+1/b14-9+. The Morgan fingerprint density at radius 2 is 1.85 bits per heavy atom. The Bertz CT molecular complexity index is 893. The summed E-state index contributed by atoms with van der Waals surface area (Å²) in [6.45, 7) is 3.25. The SMILES string of the molecule is COc1ccc(Cl)cc1C[NH+]1CCN(S(=O)(=O)/C=C/c2ccccc2)CC1. The third-order valence-corrected chi connectivity index (χ3v) is 6.50. The second-order valence-corrected chi connectivity index (χ2v) is 8.80. The van der Waals surface area contributed by atoms with Gasteiger partial charge in [-0.3, -0.25) is 0 Å². The maximum Gasteiger partial charge on any atom is 0.236 e. The highest BCUT2D eigenvalue weighted by molar-refractivity contribution is 7.92. The second kappa shape index (κ2) is 8.89. The van der Waals surface area contributed by atoms with Gasteiger partial charge in [0, 0.05) is 16.0 Å². The monoisotopic (exact) mass is 407 g/mol. The first-order valence-electron chi connectivity index (χ1n) is 8.87. The Kier molecular flexibility index (Phi) is 6.55. The number of hydrogen-bond acceptors (Lipinski definition) is 3. The van der Waals surface area contributed by atoms with Crippen LogP contribution in [-0.4, -0.2) is 46.0 Å². The van der Waals surface area contributed by atoms with Crippen LogP contribution in [0, 0.1) is 0 Å². The third-order valence-electron chi connectivity index (χ3n) is 4.70. The van der Waals surface area contributed by atoms with Crippen LogP contribution in [0.2, 0.25) is 5.02 Å². The van der Waals surface area contributed by atoms with Crippen LogP contribution in [0.1, 0.15) is 11.1 Å². The highest BCUT2D eigenvalue weighted by atomic mass is 35.5. The van der Waals surface area contributed by atoms with E-state index in [4.69, 9.17) is 16.3 Å². The fourth-order valence-corrected chi connectivity index (χ4v) is 4.59. The van der Waals surface area contributed by atoms with Crippen LogP contribution in [0.15, 0.2) is 53.9 Å². The average molecular weight is 408 g/mol. The Labute approximate surface area is 165 Å². The van der Waals surface area contributed by atoms with Crippen molar-refractivity contribution < 1.29 is 18.1 Å². The molecule has 1 N–H and O–H groups in total. The number of piperazine rings is 1. The molecule has 0 unspecified atom stereocenters. The summed E-state index contributed by atoms with van der Waals surface area (Å²) in [4.78, 5) is 1.31. The molecule has 7 heteroatoms. The average Bonchev–Trinajstić information content (AvgIpc) is 2.68. The number of nitrogens with one attached hydrogen (secondary N) is 1. The minimum absolute atomic E-state index is 0.500. The molecular formula is C20H24ClN2O3S+. The Morgan fingerprint density at radius 1 is 1.15 bits per heavy atom. The molecule has 1 fully saturated rings. The summed E-state index contributed by atoms with van der Waals surface area (Å²) in [7, 11) is -1.76. The lowest BCUT2D eigenvalue weighted by Crippen LogP contribution is -3.13. The van der Waals surface area contributed by atoms with E-state index >= 15 is 0 Å². The van der Waals surface area contributed by atoms with Gasteiger partial charge in [-0.2, -0.15) is 4.31 Å². The number of sulfonamides is 1. The van der Waals surface area contributed by atoms with Crippen LogP contribution in [0.3, 0.4) is 0 Å². The normalized spacial score (nSPS) is 16.7. The van der Waals surface area contributed by atoms with Gasteiger partial charge in [-0.25, -0.2) is 8.42 Å². The lowest BCUT2D eigenvalue weighted by molar-refractivity contribution is -0.917. The molecule has 0 bridgehead atoms. The Balaban J connectivity index is 1.60. The molecule has 0 aliphatic carbocycles. The fourth-order valence-electron chi connectivity index (χ4n) is 3.20. The zero-order valence-corrected chi connectivity index (χ0v) is 16.8. The number of ether oxygens (including phenoxy) is 1. The first-order valence-corrected chi connectivity index (χ1v) is 10.8. The maximum atomic E-state index is 12.6. The minimum Gasteiger partial charge on any atom is -0.496 e. The highest BCUT2D eigenvalue weighted by Gasteiger charge is 2.27. The molecule has 0 saturated carbocycles. The van der Waals surface area contributed by atoms with Crippen molar-refractivity contribution in [2.45, 2.75) is 6.54 Å². The molecule has 1 saturated heterocycles. The molecule has 2 aromatic carbocycles. The zero-order valence-electron chi connectivity index (χ0n) is 15.3. The molecule has 0 amide bonds. The van der Waals surface area contributed by atoms with Gasteiger partial charge in [0.05, 0.1) is 33.3 Å². The van der Waals surface area contributed by atoms with Crippen molar-refractivity contribution in [1.29, 1.82) is 0 Å². The second-order valence-electron chi connectivity index (χ2n) is 6.54. The zero-order chi connectivity index (χ0) is 19.3. The summed E-state index contributed by atoms with van der Waals surface area (Å²) in [6.07, 6.45) is 1.64. The summed E-state index contributed by atoms with van der Waals surface area (Å²) >= 11 is 6.10. The van der Waals surface area contributed by atoms with E-state index in [-0.39, 0.29) is 0 Å². The van der Waals surface area contributed by atoms with E-state index in [0.29, 0.717) is 18.1 Å². The summed E-state index contributed by atoms with van der Waals surface area (Å²) in [5.41, 5.74) is 1.92. The number of nitrogens with zero attached hydrogens (tertiary/aromatic N) is 1. The lowest BCUT2D eigenvalue weighted by Gasteiger charge is -2.31. The number of benzene rings is 2. The van der Waals surface area contributed by atoms with Gasteiger partial charge >= 0.3 is 0 Å². The van der Waals surface area contributed by atoms with Crippen molar-refractivity contribution in [3.8, 4) is 5.75 Å². The van der Waals surface area contributed by atoms with Crippen molar-refractivity contribution in [2.75, 3.05) is 33.3 Å². The van der Waals surface area contributed by atoms with Crippen molar-refractivity contribution in [3.63, 3.8) is 0 Å². The maximum absolute atomic E-state index is 12.6. The number of halogens is 1. The van der Waals surface area contributed by atoms with Crippen molar-refractivity contribution in [2.24, 2.45) is 0 Å². The number of rotatable bonds is 6. The van der Waals surface area contributed by atoms with Gasteiger partial charge in [0.15, 0.2) is 0 Å². The molecule has 0 radical (unpaired) electrons. The molecule has 3 rings (SSSR count). The quantitative estimate of drug-likeness (QED) is 0.797. The molecule has 5 nitrogen and oxygen atoms in total. The molecule has 144 valence electrons.